The summed E-state index contributed by atoms with van der Waals surface area (Å²) in [6.45, 7) is 14.1. The van der Waals surface area contributed by atoms with E-state index in [9.17, 15) is 13.2 Å². The maximum Gasteiger partial charge on any atom is 0.401 e. The molecule has 5 nitrogen and oxygen atoms in total. The molecule has 1 rings (SSSR count). The van der Waals surface area contributed by atoms with Gasteiger partial charge in [0.05, 0.1) is 6.54 Å². The van der Waals surface area contributed by atoms with Crippen LogP contribution in [0.2, 0.25) is 0 Å². The van der Waals surface area contributed by atoms with Crippen LogP contribution in [0.1, 0.15) is 20.3 Å². The van der Waals surface area contributed by atoms with Gasteiger partial charge in [0.15, 0.2) is 5.96 Å². The Labute approximate surface area is 184 Å². The van der Waals surface area contributed by atoms with E-state index in [4.69, 9.17) is 0 Å². The van der Waals surface area contributed by atoms with Gasteiger partial charge in [0.1, 0.15) is 0 Å². The lowest BCUT2D eigenvalue weighted by molar-refractivity contribution is -0.143. The van der Waals surface area contributed by atoms with Crippen LogP contribution in [0.3, 0.4) is 0 Å². The van der Waals surface area contributed by atoms with Crippen molar-refractivity contribution >= 4 is 29.9 Å². The highest BCUT2D eigenvalue weighted by molar-refractivity contribution is 14.0. The van der Waals surface area contributed by atoms with Gasteiger partial charge in [-0.3, -0.25) is 14.8 Å². The third kappa shape index (κ3) is 10.1. The molecular formula is C19H35F3IN5. The first-order valence-corrected chi connectivity index (χ1v) is 9.42. The second kappa shape index (κ2) is 13.4. The first-order chi connectivity index (χ1) is 12.7. The molecule has 2 unspecified atom stereocenters. The molecule has 1 fully saturated rings. The van der Waals surface area contributed by atoms with Gasteiger partial charge in [-0.1, -0.05) is 26.0 Å². The van der Waals surface area contributed by atoms with Gasteiger partial charge in [0, 0.05) is 51.9 Å². The first-order valence-electron chi connectivity index (χ1n) is 9.42. The van der Waals surface area contributed by atoms with Crippen molar-refractivity contribution in [3.63, 3.8) is 0 Å². The van der Waals surface area contributed by atoms with Crippen LogP contribution in [0.15, 0.2) is 30.3 Å². The van der Waals surface area contributed by atoms with E-state index in [-0.39, 0.29) is 36.1 Å². The van der Waals surface area contributed by atoms with Crippen molar-refractivity contribution in [3.8, 4) is 0 Å². The molecule has 0 saturated carbocycles. The summed E-state index contributed by atoms with van der Waals surface area (Å²) < 4.78 is 37.6. The molecule has 0 aromatic heterocycles. The summed E-state index contributed by atoms with van der Waals surface area (Å²) in [5, 5.41) is 6.58. The molecule has 1 saturated heterocycles. The van der Waals surface area contributed by atoms with Crippen molar-refractivity contribution in [2.75, 3.05) is 46.3 Å². The number of nitrogens with zero attached hydrogens (tertiary/aromatic N) is 3. The van der Waals surface area contributed by atoms with Gasteiger partial charge in [-0.15, -0.1) is 37.1 Å². The molecule has 0 aromatic rings. The standard InChI is InChI=1S/C19H34F3N5.HI/c1-6-9-27(10-7-2)17(15(3)4)12-24-18(23-5)25-16-8-11-26(13-16)14-19(20,21)22;/h6-7,15-17H,1-2,8-14H2,3-5H3,(H2,23,24,25);1H. The maximum atomic E-state index is 12.5. The Hall–Kier alpha value is -0.810. The van der Waals surface area contributed by atoms with Crippen LogP contribution < -0.4 is 10.6 Å². The summed E-state index contributed by atoms with van der Waals surface area (Å²) in [5.74, 6) is 1.03. The van der Waals surface area contributed by atoms with Crippen LogP contribution >= 0.6 is 24.0 Å². The highest BCUT2D eigenvalue weighted by Gasteiger charge is 2.34. The van der Waals surface area contributed by atoms with Gasteiger partial charge >= 0.3 is 6.18 Å². The molecule has 1 aliphatic heterocycles. The van der Waals surface area contributed by atoms with E-state index < -0.39 is 12.7 Å². The minimum absolute atomic E-state index is 0. The topological polar surface area (TPSA) is 42.9 Å². The van der Waals surface area contributed by atoms with Gasteiger partial charge < -0.3 is 10.6 Å². The number of halogens is 4. The van der Waals surface area contributed by atoms with E-state index in [0.29, 0.717) is 37.9 Å². The number of guanidine groups is 1. The molecule has 0 bridgehead atoms. The van der Waals surface area contributed by atoms with Gasteiger partial charge in [-0.2, -0.15) is 13.2 Å². The second-order valence-corrected chi connectivity index (χ2v) is 7.28. The molecule has 164 valence electrons. The average Bonchev–Trinajstić information content (AvgIpc) is 2.98. The van der Waals surface area contributed by atoms with E-state index in [1.54, 1.807) is 7.05 Å². The summed E-state index contributed by atoms with van der Waals surface area (Å²) in [7, 11) is 1.67. The summed E-state index contributed by atoms with van der Waals surface area (Å²) in [5.41, 5.74) is 0. The molecule has 0 aromatic carbocycles. The van der Waals surface area contributed by atoms with Crippen molar-refractivity contribution in [1.82, 2.24) is 20.4 Å². The zero-order valence-electron chi connectivity index (χ0n) is 17.1. The highest BCUT2D eigenvalue weighted by Crippen LogP contribution is 2.20. The monoisotopic (exact) mass is 517 g/mol. The van der Waals surface area contributed by atoms with Crippen LogP contribution in [-0.4, -0.2) is 80.3 Å². The Morgan fingerprint density at radius 1 is 1.29 bits per heavy atom. The molecule has 1 aliphatic rings. The molecule has 0 amide bonds. The summed E-state index contributed by atoms with van der Waals surface area (Å²) in [6.07, 6.45) is 0.266. The molecule has 0 radical (unpaired) electrons. The van der Waals surface area contributed by atoms with E-state index >= 15 is 0 Å². The Morgan fingerprint density at radius 3 is 2.36 bits per heavy atom. The van der Waals surface area contributed by atoms with Gasteiger partial charge in [0.2, 0.25) is 0 Å². The van der Waals surface area contributed by atoms with Crippen LogP contribution in [0.25, 0.3) is 0 Å². The maximum absolute atomic E-state index is 12.5. The number of hydrogen-bond acceptors (Lipinski definition) is 3. The van der Waals surface area contributed by atoms with E-state index in [0.717, 1.165) is 13.1 Å². The minimum Gasteiger partial charge on any atom is -0.355 e. The number of aliphatic imine (C=N–C) groups is 1. The predicted octanol–water partition coefficient (Wildman–Crippen LogP) is 3.10. The molecule has 2 atom stereocenters. The summed E-state index contributed by atoms with van der Waals surface area (Å²) in [6, 6.07) is 0.221. The quantitative estimate of drug-likeness (QED) is 0.202. The van der Waals surface area contributed by atoms with E-state index in [1.807, 2.05) is 12.2 Å². The third-order valence-corrected chi connectivity index (χ3v) is 4.68. The Kier molecular flexibility index (Phi) is 13.0. The number of hydrogen-bond donors (Lipinski definition) is 2. The largest absolute Gasteiger partial charge is 0.401 e. The minimum atomic E-state index is -4.15. The van der Waals surface area contributed by atoms with Gasteiger partial charge in [0.25, 0.3) is 0 Å². The Morgan fingerprint density at radius 2 is 1.89 bits per heavy atom. The average molecular weight is 517 g/mol. The van der Waals surface area contributed by atoms with Crippen molar-refractivity contribution in [3.05, 3.63) is 25.3 Å². The normalized spacial score (nSPS) is 19.4. The zero-order valence-corrected chi connectivity index (χ0v) is 19.5. The lowest BCUT2D eigenvalue weighted by Gasteiger charge is -2.33. The molecule has 1 heterocycles. The molecule has 28 heavy (non-hydrogen) atoms. The fraction of sp³-hybridized carbons (Fsp3) is 0.737. The van der Waals surface area contributed by atoms with Crippen LogP contribution in [-0.2, 0) is 0 Å². The smallest absolute Gasteiger partial charge is 0.355 e. The Balaban J connectivity index is 0.00000729. The fourth-order valence-electron chi connectivity index (χ4n) is 3.40. The molecule has 2 N–H and O–H groups in total. The second-order valence-electron chi connectivity index (χ2n) is 7.28. The lowest BCUT2D eigenvalue weighted by Crippen LogP contribution is -2.51. The molecular weight excluding hydrogens is 482 g/mol. The summed E-state index contributed by atoms with van der Waals surface area (Å²) in [4.78, 5) is 7.94. The zero-order chi connectivity index (χ0) is 20.4. The predicted molar refractivity (Wildman–Crippen MR) is 121 cm³/mol. The highest BCUT2D eigenvalue weighted by atomic mass is 127. The van der Waals surface area contributed by atoms with Gasteiger partial charge in [-0.05, 0) is 12.3 Å². The van der Waals surface area contributed by atoms with Gasteiger partial charge in [-0.25, -0.2) is 0 Å². The van der Waals surface area contributed by atoms with Crippen LogP contribution in [0, 0.1) is 5.92 Å². The number of rotatable bonds is 10. The van der Waals surface area contributed by atoms with E-state index in [2.05, 4.69) is 47.5 Å². The fourth-order valence-corrected chi connectivity index (χ4v) is 3.40. The number of alkyl halides is 3. The lowest BCUT2D eigenvalue weighted by atomic mass is 10.0. The van der Waals surface area contributed by atoms with Crippen LogP contribution in [0.5, 0.6) is 0 Å². The first kappa shape index (κ1) is 27.2. The van der Waals surface area contributed by atoms with Crippen molar-refractivity contribution in [1.29, 1.82) is 0 Å². The summed E-state index contributed by atoms with van der Waals surface area (Å²) >= 11 is 0. The third-order valence-electron chi connectivity index (χ3n) is 4.68. The molecule has 0 spiro atoms. The van der Waals surface area contributed by atoms with Crippen molar-refractivity contribution in [2.45, 2.75) is 38.5 Å². The molecule has 0 aliphatic carbocycles. The van der Waals surface area contributed by atoms with Crippen LogP contribution in [0.4, 0.5) is 13.2 Å². The number of likely N-dealkylation sites (tertiary alicyclic amines) is 1. The SMILES string of the molecule is C=CCN(CC=C)C(CNC(=NC)NC1CCN(CC(F)(F)F)C1)C(C)C.I. The number of nitrogens with one attached hydrogen (secondary N) is 2. The van der Waals surface area contributed by atoms with E-state index in [1.165, 1.54) is 4.90 Å². The van der Waals surface area contributed by atoms with Crippen molar-refractivity contribution < 1.29 is 13.2 Å². The molecule has 9 heteroatoms. The van der Waals surface area contributed by atoms with Crippen molar-refractivity contribution in [2.24, 2.45) is 10.9 Å². The Bertz CT molecular complexity index is 486.